The topological polar surface area (TPSA) is 39.1 Å². The molecular formula is C13H24ClN3O. The Bertz CT molecular complexity index is 365. The first-order valence-corrected chi connectivity index (χ1v) is 6.87. The summed E-state index contributed by atoms with van der Waals surface area (Å²) in [6.07, 6.45) is 1.83. The number of halogens is 1. The number of nitrogens with zero attached hydrogens (tertiary/aromatic N) is 2. The van der Waals surface area contributed by atoms with Gasteiger partial charge in [0.1, 0.15) is 0 Å². The highest BCUT2D eigenvalue weighted by atomic mass is 35.5. The molecule has 0 saturated heterocycles. The summed E-state index contributed by atoms with van der Waals surface area (Å²) in [5.41, 5.74) is 2.13. The number of hydrogen-bond donors (Lipinski definition) is 1. The van der Waals surface area contributed by atoms with Crippen molar-refractivity contribution >= 4 is 11.6 Å². The molecule has 0 fully saturated rings. The summed E-state index contributed by atoms with van der Waals surface area (Å²) >= 11 is 6.33. The smallest absolute Gasteiger partial charge is 0.0849 e. The Balaban J connectivity index is 2.48. The number of ether oxygens (including phenoxy) is 1. The van der Waals surface area contributed by atoms with Crippen molar-refractivity contribution in [1.29, 1.82) is 0 Å². The molecule has 1 aromatic rings. The molecule has 0 aliphatic heterocycles. The van der Waals surface area contributed by atoms with Crippen molar-refractivity contribution in [3.05, 3.63) is 16.4 Å². The van der Waals surface area contributed by atoms with Gasteiger partial charge in [0.05, 0.1) is 23.0 Å². The van der Waals surface area contributed by atoms with Crippen LogP contribution < -0.4 is 5.32 Å². The lowest BCUT2D eigenvalue weighted by Gasteiger charge is -2.13. The lowest BCUT2D eigenvalue weighted by atomic mass is 10.1. The molecule has 5 heteroatoms. The molecule has 18 heavy (non-hydrogen) atoms. The lowest BCUT2D eigenvalue weighted by Crippen LogP contribution is -2.26. The zero-order valence-electron chi connectivity index (χ0n) is 11.8. The second-order valence-corrected chi connectivity index (χ2v) is 5.07. The van der Waals surface area contributed by atoms with E-state index in [2.05, 4.69) is 24.3 Å². The Labute approximate surface area is 115 Å². The van der Waals surface area contributed by atoms with Crippen LogP contribution in [0.3, 0.4) is 0 Å². The number of aromatic nitrogens is 2. The summed E-state index contributed by atoms with van der Waals surface area (Å²) in [7, 11) is 3.68. The highest BCUT2D eigenvalue weighted by molar-refractivity contribution is 6.31. The van der Waals surface area contributed by atoms with Crippen molar-refractivity contribution in [3.63, 3.8) is 0 Å². The third kappa shape index (κ3) is 4.26. The van der Waals surface area contributed by atoms with Crippen LogP contribution in [0.4, 0.5) is 0 Å². The number of hydrogen-bond acceptors (Lipinski definition) is 3. The van der Waals surface area contributed by atoms with Gasteiger partial charge in [-0.3, -0.25) is 4.68 Å². The van der Waals surface area contributed by atoms with E-state index >= 15 is 0 Å². The average molecular weight is 274 g/mol. The van der Waals surface area contributed by atoms with Crippen LogP contribution >= 0.6 is 11.6 Å². The summed E-state index contributed by atoms with van der Waals surface area (Å²) in [6, 6.07) is 0. The summed E-state index contributed by atoms with van der Waals surface area (Å²) in [5, 5.41) is 8.64. The van der Waals surface area contributed by atoms with Gasteiger partial charge in [0, 0.05) is 20.7 Å². The third-order valence-electron chi connectivity index (χ3n) is 3.02. The predicted molar refractivity (Wildman–Crippen MR) is 75.2 cm³/mol. The van der Waals surface area contributed by atoms with Crippen LogP contribution in [0.25, 0.3) is 0 Å². The standard InChI is InChI=1S/C13H24ClN3O/c1-5-11-13(14)12(17(3)16-11)8-10(2)9-15-6-7-18-4/h10,15H,5-9H2,1-4H3. The minimum atomic E-state index is 0.527. The van der Waals surface area contributed by atoms with Gasteiger partial charge in [-0.1, -0.05) is 25.4 Å². The number of nitrogens with one attached hydrogen (secondary N) is 1. The Kier molecular flexibility index (Phi) is 6.68. The molecule has 0 amide bonds. The zero-order chi connectivity index (χ0) is 13.5. The fraction of sp³-hybridized carbons (Fsp3) is 0.769. The van der Waals surface area contributed by atoms with Gasteiger partial charge in [-0.15, -0.1) is 0 Å². The van der Waals surface area contributed by atoms with Crippen LogP contribution in [0.5, 0.6) is 0 Å². The van der Waals surface area contributed by atoms with Crippen molar-refractivity contribution in [2.45, 2.75) is 26.7 Å². The van der Waals surface area contributed by atoms with Gasteiger partial charge in [0.2, 0.25) is 0 Å². The zero-order valence-corrected chi connectivity index (χ0v) is 12.5. The molecular weight excluding hydrogens is 250 g/mol. The van der Waals surface area contributed by atoms with Crippen molar-refractivity contribution in [3.8, 4) is 0 Å². The molecule has 1 rings (SSSR count). The van der Waals surface area contributed by atoms with E-state index in [-0.39, 0.29) is 0 Å². The molecule has 0 saturated carbocycles. The molecule has 0 bridgehead atoms. The Hall–Kier alpha value is -0.580. The minimum absolute atomic E-state index is 0.527. The van der Waals surface area contributed by atoms with E-state index in [1.165, 1.54) is 0 Å². The molecule has 104 valence electrons. The maximum Gasteiger partial charge on any atom is 0.0849 e. The summed E-state index contributed by atoms with van der Waals surface area (Å²) in [5.74, 6) is 0.527. The molecule has 4 nitrogen and oxygen atoms in total. The average Bonchev–Trinajstić information content (AvgIpc) is 2.62. The molecule has 1 N–H and O–H groups in total. The summed E-state index contributed by atoms with van der Waals surface area (Å²) in [6.45, 7) is 6.90. The third-order valence-corrected chi connectivity index (χ3v) is 3.46. The molecule has 0 aliphatic carbocycles. The lowest BCUT2D eigenvalue weighted by molar-refractivity contribution is 0.198. The van der Waals surface area contributed by atoms with Crippen molar-refractivity contribution < 1.29 is 4.74 Å². The van der Waals surface area contributed by atoms with Crippen LogP contribution in [0.15, 0.2) is 0 Å². The second kappa shape index (κ2) is 7.77. The van der Waals surface area contributed by atoms with E-state index in [1.807, 2.05) is 11.7 Å². The van der Waals surface area contributed by atoms with Gasteiger partial charge in [-0.05, 0) is 25.3 Å². The highest BCUT2D eigenvalue weighted by Crippen LogP contribution is 2.23. The Morgan fingerprint density at radius 2 is 2.22 bits per heavy atom. The second-order valence-electron chi connectivity index (χ2n) is 4.69. The van der Waals surface area contributed by atoms with E-state index in [9.17, 15) is 0 Å². The molecule has 0 aromatic carbocycles. The highest BCUT2D eigenvalue weighted by Gasteiger charge is 2.15. The number of aryl methyl sites for hydroxylation is 2. The van der Waals surface area contributed by atoms with Crippen LogP contribution in [0.2, 0.25) is 5.02 Å². The fourth-order valence-corrected chi connectivity index (χ4v) is 2.34. The minimum Gasteiger partial charge on any atom is -0.383 e. The van der Waals surface area contributed by atoms with Gasteiger partial charge in [-0.25, -0.2) is 0 Å². The van der Waals surface area contributed by atoms with Crippen molar-refractivity contribution in [2.75, 3.05) is 26.8 Å². The SMILES string of the molecule is CCc1nn(C)c(CC(C)CNCCOC)c1Cl. The van der Waals surface area contributed by atoms with Gasteiger partial charge in [-0.2, -0.15) is 5.10 Å². The van der Waals surface area contributed by atoms with Gasteiger partial charge >= 0.3 is 0 Å². The van der Waals surface area contributed by atoms with Gasteiger partial charge < -0.3 is 10.1 Å². The van der Waals surface area contributed by atoms with E-state index in [1.54, 1.807) is 7.11 Å². The molecule has 1 unspecified atom stereocenters. The largest absolute Gasteiger partial charge is 0.383 e. The molecule has 0 spiro atoms. The summed E-state index contributed by atoms with van der Waals surface area (Å²) in [4.78, 5) is 0. The Morgan fingerprint density at radius 3 is 2.78 bits per heavy atom. The van der Waals surface area contributed by atoms with Crippen LogP contribution in [0.1, 0.15) is 25.2 Å². The van der Waals surface area contributed by atoms with E-state index in [4.69, 9.17) is 16.3 Å². The summed E-state index contributed by atoms with van der Waals surface area (Å²) < 4.78 is 6.91. The van der Waals surface area contributed by atoms with Crippen LogP contribution in [-0.4, -0.2) is 36.6 Å². The molecule has 1 aromatic heterocycles. The number of rotatable bonds is 8. The normalized spacial score (nSPS) is 12.9. The molecule has 0 aliphatic rings. The first-order valence-electron chi connectivity index (χ1n) is 6.50. The van der Waals surface area contributed by atoms with Crippen LogP contribution in [-0.2, 0) is 24.6 Å². The maximum atomic E-state index is 6.33. The first-order chi connectivity index (χ1) is 8.60. The van der Waals surface area contributed by atoms with Crippen LogP contribution in [0, 0.1) is 5.92 Å². The monoisotopic (exact) mass is 273 g/mol. The predicted octanol–water partition coefficient (Wildman–Crippen LogP) is 2.05. The molecule has 1 atom stereocenters. The van der Waals surface area contributed by atoms with E-state index in [0.29, 0.717) is 5.92 Å². The molecule has 1 heterocycles. The van der Waals surface area contributed by atoms with Gasteiger partial charge in [0.15, 0.2) is 0 Å². The van der Waals surface area contributed by atoms with E-state index in [0.717, 1.165) is 48.9 Å². The van der Waals surface area contributed by atoms with Crippen molar-refractivity contribution in [2.24, 2.45) is 13.0 Å². The van der Waals surface area contributed by atoms with Crippen molar-refractivity contribution in [1.82, 2.24) is 15.1 Å². The van der Waals surface area contributed by atoms with E-state index < -0.39 is 0 Å². The quantitative estimate of drug-likeness (QED) is 0.737. The molecule has 0 radical (unpaired) electrons. The Morgan fingerprint density at radius 1 is 1.50 bits per heavy atom. The number of methoxy groups -OCH3 is 1. The van der Waals surface area contributed by atoms with Gasteiger partial charge in [0.25, 0.3) is 0 Å². The maximum absolute atomic E-state index is 6.33. The first kappa shape index (κ1) is 15.5. The fourth-order valence-electron chi connectivity index (χ4n) is 1.97.